The van der Waals surface area contributed by atoms with Crippen LogP contribution in [0.2, 0.25) is 0 Å². The van der Waals surface area contributed by atoms with Crippen molar-refractivity contribution in [3.63, 3.8) is 0 Å². The summed E-state index contributed by atoms with van der Waals surface area (Å²) in [7, 11) is 1.53. The summed E-state index contributed by atoms with van der Waals surface area (Å²) in [5, 5.41) is 0. The zero-order chi connectivity index (χ0) is 10.1. The summed E-state index contributed by atoms with van der Waals surface area (Å²) in [6, 6.07) is 0. The first-order chi connectivity index (χ1) is 6.26. The van der Waals surface area contributed by atoms with Gasteiger partial charge in [0.1, 0.15) is 6.61 Å². The largest absolute Gasteiger partial charge is 0.375 e. The van der Waals surface area contributed by atoms with E-state index in [9.17, 15) is 4.79 Å². The van der Waals surface area contributed by atoms with E-state index in [0.29, 0.717) is 6.54 Å². The molecule has 78 valence electrons. The second-order valence-corrected chi connectivity index (χ2v) is 2.96. The highest BCUT2D eigenvalue weighted by molar-refractivity contribution is 5.77. The minimum Gasteiger partial charge on any atom is -0.375 e. The van der Waals surface area contributed by atoms with Crippen LogP contribution in [0.5, 0.6) is 0 Å². The normalized spacial score (nSPS) is 10.1. The van der Waals surface area contributed by atoms with Gasteiger partial charge in [-0.2, -0.15) is 0 Å². The molecule has 13 heavy (non-hydrogen) atoms. The van der Waals surface area contributed by atoms with Gasteiger partial charge >= 0.3 is 0 Å². The first kappa shape index (κ1) is 12.4. The Morgan fingerprint density at radius 1 is 1.46 bits per heavy atom. The van der Waals surface area contributed by atoms with E-state index in [1.165, 1.54) is 7.11 Å². The van der Waals surface area contributed by atoms with Crippen LogP contribution in [0, 0.1) is 0 Å². The third-order valence-electron chi connectivity index (χ3n) is 1.75. The van der Waals surface area contributed by atoms with Crippen LogP contribution in [0.1, 0.15) is 19.8 Å². The van der Waals surface area contributed by atoms with Crippen molar-refractivity contribution in [1.82, 2.24) is 4.90 Å². The number of hydrogen-bond donors (Lipinski definition) is 1. The Morgan fingerprint density at radius 3 is 2.62 bits per heavy atom. The Morgan fingerprint density at radius 2 is 2.15 bits per heavy atom. The molecule has 0 saturated heterocycles. The van der Waals surface area contributed by atoms with E-state index in [-0.39, 0.29) is 12.5 Å². The molecule has 1 amide bonds. The standard InChI is InChI=1S/C9H20N2O2/c1-3-6-11(7-4-5-10)9(12)8-13-2/h3-8,10H2,1-2H3. The van der Waals surface area contributed by atoms with E-state index >= 15 is 0 Å². The quantitative estimate of drug-likeness (QED) is 0.622. The predicted molar refractivity (Wildman–Crippen MR) is 52.4 cm³/mol. The van der Waals surface area contributed by atoms with Crippen LogP contribution in [0.4, 0.5) is 0 Å². The van der Waals surface area contributed by atoms with Crippen LogP contribution in [0.25, 0.3) is 0 Å². The van der Waals surface area contributed by atoms with Crippen molar-refractivity contribution >= 4 is 5.91 Å². The first-order valence-corrected chi connectivity index (χ1v) is 4.73. The fourth-order valence-corrected chi connectivity index (χ4v) is 1.13. The Bertz CT molecular complexity index is 140. The lowest BCUT2D eigenvalue weighted by atomic mass is 10.3. The molecule has 0 aromatic carbocycles. The van der Waals surface area contributed by atoms with Gasteiger partial charge in [-0.25, -0.2) is 0 Å². The number of nitrogens with two attached hydrogens (primary N) is 1. The van der Waals surface area contributed by atoms with Gasteiger partial charge in [-0.1, -0.05) is 6.92 Å². The predicted octanol–water partition coefficient (Wildman–Crippen LogP) is 0.220. The maximum atomic E-state index is 11.4. The Hall–Kier alpha value is -0.610. The van der Waals surface area contributed by atoms with Crippen molar-refractivity contribution in [1.29, 1.82) is 0 Å². The van der Waals surface area contributed by atoms with Crippen molar-refractivity contribution < 1.29 is 9.53 Å². The van der Waals surface area contributed by atoms with Crippen molar-refractivity contribution in [2.24, 2.45) is 5.73 Å². The molecule has 0 heterocycles. The number of ether oxygens (including phenoxy) is 1. The molecule has 0 atom stereocenters. The summed E-state index contributed by atoms with van der Waals surface area (Å²) in [6.45, 7) is 4.38. The molecule has 0 unspecified atom stereocenters. The lowest BCUT2D eigenvalue weighted by molar-refractivity contribution is -0.135. The third kappa shape index (κ3) is 5.60. The number of carbonyl (C=O) groups excluding carboxylic acids is 1. The van der Waals surface area contributed by atoms with Gasteiger partial charge in [0.05, 0.1) is 0 Å². The van der Waals surface area contributed by atoms with Crippen LogP contribution >= 0.6 is 0 Å². The van der Waals surface area contributed by atoms with Crippen LogP contribution < -0.4 is 5.73 Å². The van der Waals surface area contributed by atoms with Gasteiger partial charge in [-0.05, 0) is 19.4 Å². The molecule has 0 aliphatic carbocycles. The Balaban J connectivity index is 3.83. The molecule has 0 fully saturated rings. The average molecular weight is 188 g/mol. The molecule has 0 saturated carbocycles. The molecule has 0 spiro atoms. The molecule has 2 N–H and O–H groups in total. The number of nitrogens with zero attached hydrogens (tertiary/aromatic N) is 1. The van der Waals surface area contributed by atoms with Crippen LogP contribution in [0.3, 0.4) is 0 Å². The minimum absolute atomic E-state index is 0.0535. The van der Waals surface area contributed by atoms with E-state index in [1.807, 2.05) is 0 Å². The molecule has 0 bridgehead atoms. The molecule has 4 nitrogen and oxygen atoms in total. The van der Waals surface area contributed by atoms with Gasteiger partial charge in [0, 0.05) is 20.2 Å². The van der Waals surface area contributed by atoms with E-state index in [1.54, 1.807) is 4.90 Å². The average Bonchev–Trinajstić information content (AvgIpc) is 2.12. The molecule has 4 heteroatoms. The molecular weight excluding hydrogens is 168 g/mol. The van der Waals surface area contributed by atoms with Gasteiger partial charge in [0.25, 0.3) is 0 Å². The third-order valence-corrected chi connectivity index (χ3v) is 1.75. The monoisotopic (exact) mass is 188 g/mol. The summed E-state index contributed by atoms with van der Waals surface area (Å²) in [6.07, 6.45) is 1.83. The van der Waals surface area contributed by atoms with Gasteiger partial charge in [-0.15, -0.1) is 0 Å². The Kier molecular flexibility index (Phi) is 7.63. The maximum Gasteiger partial charge on any atom is 0.248 e. The number of methoxy groups -OCH3 is 1. The second-order valence-electron chi connectivity index (χ2n) is 2.96. The first-order valence-electron chi connectivity index (χ1n) is 4.73. The molecule has 0 rings (SSSR count). The highest BCUT2D eigenvalue weighted by Crippen LogP contribution is 1.95. The number of amides is 1. The van der Waals surface area contributed by atoms with E-state index in [0.717, 1.165) is 25.9 Å². The zero-order valence-corrected chi connectivity index (χ0v) is 8.58. The van der Waals surface area contributed by atoms with Crippen LogP contribution in [-0.2, 0) is 9.53 Å². The number of rotatable bonds is 7. The van der Waals surface area contributed by atoms with Gasteiger partial charge in [-0.3, -0.25) is 4.79 Å². The SMILES string of the molecule is CCCN(CCCN)C(=O)COC. The lowest BCUT2D eigenvalue weighted by Crippen LogP contribution is -2.36. The summed E-state index contributed by atoms with van der Waals surface area (Å²) in [4.78, 5) is 13.2. The molecule has 0 aromatic rings. The maximum absolute atomic E-state index is 11.4. The van der Waals surface area contributed by atoms with Crippen molar-refractivity contribution in [3.05, 3.63) is 0 Å². The molecule has 0 radical (unpaired) electrons. The zero-order valence-electron chi connectivity index (χ0n) is 8.58. The fourth-order valence-electron chi connectivity index (χ4n) is 1.13. The highest BCUT2D eigenvalue weighted by Gasteiger charge is 2.10. The van der Waals surface area contributed by atoms with Crippen molar-refractivity contribution in [2.45, 2.75) is 19.8 Å². The summed E-state index contributed by atoms with van der Waals surface area (Å²) in [5.41, 5.74) is 5.38. The van der Waals surface area contributed by atoms with E-state index in [2.05, 4.69) is 6.92 Å². The molecular formula is C9H20N2O2. The highest BCUT2D eigenvalue weighted by atomic mass is 16.5. The summed E-state index contributed by atoms with van der Waals surface area (Å²) >= 11 is 0. The molecule has 0 aromatic heterocycles. The van der Waals surface area contributed by atoms with Crippen molar-refractivity contribution in [3.8, 4) is 0 Å². The van der Waals surface area contributed by atoms with Gasteiger partial charge < -0.3 is 15.4 Å². The minimum atomic E-state index is 0.0535. The van der Waals surface area contributed by atoms with Gasteiger partial charge in [0.2, 0.25) is 5.91 Å². The van der Waals surface area contributed by atoms with E-state index in [4.69, 9.17) is 10.5 Å². The van der Waals surface area contributed by atoms with Gasteiger partial charge in [0.15, 0.2) is 0 Å². The lowest BCUT2D eigenvalue weighted by Gasteiger charge is -2.21. The molecule has 0 aliphatic heterocycles. The van der Waals surface area contributed by atoms with E-state index < -0.39 is 0 Å². The van der Waals surface area contributed by atoms with Crippen LogP contribution in [-0.4, -0.2) is 44.2 Å². The number of carbonyl (C=O) groups is 1. The van der Waals surface area contributed by atoms with Crippen LogP contribution in [0.15, 0.2) is 0 Å². The summed E-state index contributed by atoms with van der Waals surface area (Å²) < 4.78 is 4.79. The molecule has 0 aliphatic rings. The number of hydrogen-bond acceptors (Lipinski definition) is 3. The topological polar surface area (TPSA) is 55.6 Å². The fraction of sp³-hybridized carbons (Fsp3) is 0.889. The summed E-state index contributed by atoms with van der Waals surface area (Å²) in [5.74, 6) is 0.0535. The Labute approximate surface area is 80.0 Å². The second kappa shape index (κ2) is 8.01. The van der Waals surface area contributed by atoms with Crippen molar-refractivity contribution in [2.75, 3.05) is 33.4 Å². The smallest absolute Gasteiger partial charge is 0.248 e.